The summed E-state index contributed by atoms with van der Waals surface area (Å²) in [6.07, 6.45) is 1.39. The van der Waals surface area contributed by atoms with Gasteiger partial charge in [0.15, 0.2) is 11.6 Å². The van der Waals surface area contributed by atoms with Crippen LogP contribution in [0.25, 0.3) is 0 Å². The zero-order chi connectivity index (χ0) is 24.6. The number of carbonyl (C=O) groups excluding carboxylic acids is 2. The molecule has 0 atom stereocenters. The minimum atomic E-state index is -1.08. The van der Waals surface area contributed by atoms with E-state index in [4.69, 9.17) is 15.6 Å². The lowest BCUT2D eigenvalue weighted by molar-refractivity contribution is -0.149. The van der Waals surface area contributed by atoms with E-state index in [0.29, 0.717) is 31.4 Å². The maximum atomic E-state index is 14.3. The maximum Gasteiger partial charge on any atom is 0.353 e. The van der Waals surface area contributed by atoms with E-state index in [0.717, 1.165) is 4.88 Å². The van der Waals surface area contributed by atoms with Crippen molar-refractivity contribution in [3.05, 3.63) is 51.5 Å². The van der Waals surface area contributed by atoms with Crippen LogP contribution in [-0.4, -0.2) is 48.1 Å². The van der Waals surface area contributed by atoms with E-state index in [1.807, 2.05) is 13.8 Å². The number of rotatable bonds is 12. The second kappa shape index (κ2) is 11.9. The first-order valence-electron chi connectivity index (χ1n) is 10.6. The number of ether oxygens (including phenoxy) is 1. The van der Waals surface area contributed by atoms with Gasteiger partial charge in [0.1, 0.15) is 11.4 Å². The number of thiophene rings is 1. The first-order chi connectivity index (χ1) is 15.7. The minimum absolute atomic E-state index is 0.173. The highest BCUT2D eigenvalue weighted by Crippen LogP contribution is 2.35. The molecule has 0 aliphatic heterocycles. The van der Waals surface area contributed by atoms with Crippen molar-refractivity contribution in [1.29, 1.82) is 0 Å². The fourth-order valence-corrected chi connectivity index (χ4v) is 4.61. The number of hydrogen-bond acceptors (Lipinski definition) is 7. The highest BCUT2D eigenvalue weighted by molar-refractivity contribution is 7.14. The third-order valence-corrected chi connectivity index (χ3v) is 6.64. The van der Waals surface area contributed by atoms with Gasteiger partial charge >= 0.3 is 11.9 Å². The number of carboxylic acids is 1. The molecule has 1 amide bonds. The third-order valence-electron chi connectivity index (χ3n) is 5.57. The first kappa shape index (κ1) is 26.4. The second-order valence-electron chi connectivity index (χ2n) is 7.77. The van der Waals surface area contributed by atoms with Crippen LogP contribution in [0.15, 0.2) is 30.3 Å². The molecule has 2 rings (SSSR count). The van der Waals surface area contributed by atoms with Crippen molar-refractivity contribution >= 4 is 29.2 Å². The predicted molar refractivity (Wildman–Crippen MR) is 124 cm³/mol. The van der Waals surface area contributed by atoms with Crippen molar-refractivity contribution in [2.75, 3.05) is 20.3 Å². The third kappa shape index (κ3) is 6.83. The van der Waals surface area contributed by atoms with Crippen LogP contribution in [0.4, 0.5) is 4.39 Å². The van der Waals surface area contributed by atoms with Gasteiger partial charge in [0, 0.05) is 25.1 Å². The quantitative estimate of drug-likeness (QED) is 0.243. The Hall–Kier alpha value is -2.82. The van der Waals surface area contributed by atoms with Crippen LogP contribution in [0.2, 0.25) is 0 Å². The van der Waals surface area contributed by atoms with Crippen molar-refractivity contribution in [2.24, 2.45) is 11.1 Å². The summed E-state index contributed by atoms with van der Waals surface area (Å²) in [7, 11) is 1.47. The molecule has 0 fully saturated rings. The van der Waals surface area contributed by atoms with E-state index in [-0.39, 0.29) is 29.7 Å². The Balaban J connectivity index is 2.13. The molecule has 8 nitrogen and oxygen atoms in total. The summed E-state index contributed by atoms with van der Waals surface area (Å²) in [6, 6.07) is 7.64. The van der Waals surface area contributed by atoms with Gasteiger partial charge in [-0.1, -0.05) is 19.9 Å². The summed E-state index contributed by atoms with van der Waals surface area (Å²) in [5.41, 5.74) is 5.25. The van der Waals surface area contributed by atoms with Gasteiger partial charge < -0.3 is 25.8 Å². The number of carboxylic acid groups (broad SMARTS) is 1. The molecule has 0 saturated heterocycles. The molecule has 1 aromatic carbocycles. The molecular formula is C23H30FN3O5S. The number of halogens is 1. The summed E-state index contributed by atoms with van der Waals surface area (Å²) in [6.45, 7) is 4.04. The normalized spacial score (nSPS) is 11.3. The fourth-order valence-electron chi connectivity index (χ4n) is 3.58. The molecule has 2 aromatic rings. The number of nitrogens with one attached hydrogen (secondary N) is 1. The summed E-state index contributed by atoms with van der Waals surface area (Å²) in [5.74, 6) is -2.85. The molecule has 0 bridgehead atoms. The number of hydrogen-bond donors (Lipinski definition) is 3. The van der Waals surface area contributed by atoms with Gasteiger partial charge in [-0.05, 0) is 49.1 Å². The number of aliphatic carboxylic acids is 1. The Morgan fingerprint density at radius 1 is 1.21 bits per heavy atom. The lowest BCUT2D eigenvalue weighted by Gasteiger charge is -2.33. The van der Waals surface area contributed by atoms with E-state index in [2.05, 4.69) is 5.32 Å². The summed E-state index contributed by atoms with van der Waals surface area (Å²) < 4.78 is 19.5. The SMILES string of the molecule is CCC(CC)(Cc1ccc(C(=O)Oc2ccc(CNCN)cc2F)s1)C(=O)N(C)CC(=O)O. The smallest absolute Gasteiger partial charge is 0.353 e. The van der Waals surface area contributed by atoms with Crippen LogP contribution in [0.5, 0.6) is 5.75 Å². The first-order valence-corrected chi connectivity index (χ1v) is 11.4. The van der Waals surface area contributed by atoms with Crippen LogP contribution in [-0.2, 0) is 22.6 Å². The van der Waals surface area contributed by atoms with Crippen molar-refractivity contribution in [2.45, 2.75) is 39.7 Å². The van der Waals surface area contributed by atoms with Gasteiger partial charge in [0.25, 0.3) is 0 Å². The van der Waals surface area contributed by atoms with E-state index in [1.54, 1.807) is 18.2 Å². The maximum absolute atomic E-state index is 14.3. The summed E-state index contributed by atoms with van der Waals surface area (Å²) >= 11 is 1.17. The number of amides is 1. The molecule has 10 heteroatoms. The molecule has 0 unspecified atom stereocenters. The standard InChI is InChI=1S/C23H30FN3O5S/c1-4-23(5-2,22(31)27(3)13-20(28)29)11-16-7-9-19(33-16)21(30)32-18-8-6-15(10-17(18)24)12-26-14-25/h6-10,26H,4-5,11-14,25H2,1-3H3,(H,28,29). The number of nitrogens with two attached hydrogens (primary N) is 1. The molecular weight excluding hydrogens is 449 g/mol. The lowest BCUT2D eigenvalue weighted by atomic mass is 9.77. The zero-order valence-electron chi connectivity index (χ0n) is 19.0. The lowest BCUT2D eigenvalue weighted by Crippen LogP contribution is -2.44. The molecule has 0 aliphatic rings. The van der Waals surface area contributed by atoms with Crippen LogP contribution >= 0.6 is 11.3 Å². The topological polar surface area (TPSA) is 122 Å². The Morgan fingerprint density at radius 3 is 2.48 bits per heavy atom. The van der Waals surface area contributed by atoms with Crippen molar-refractivity contribution in [3.63, 3.8) is 0 Å². The zero-order valence-corrected chi connectivity index (χ0v) is 19.8. The summed E-state index contributed by atoms with van der Waals surface area (Å²) in [5, 5.41) is 11.9. The number of benzene rings is 1. The van der Waals surface area contributed by atoms with Crippen LogP contribution < -0.4 is 15.8 Å². The van der Waals surface area contributed by atoms with Crippen molar-refractivity contribution in [3.8, 4) is 5.75 Å². The average molecular weight is 480 g/mol. The second-order valence-corrected chi connectivity index (χ2v) is 8.94. The van der Waals surface area contributed by atoms with Crippen molar-refractivity contribution < 1.29 is 28.6 Å². The summed E-state index contributed by atoms with van der Waals surface area (Å²) in [4.78, 5) is 38.9. The molecule has 0 spiro atoms. The molecule has 0 saturated carbocycles. The van der Waals surface area contributed by atoms with E-state index in [1.165, 1.54) is 35.4 Å². The van der Waals surface area contributed by atoms with E-state index < -0.39 is 23.2 Å². The molecule has 1 aromatic heterocycles. The van der Waals surface area contributed by atoms with Gasteiger partial charge in [-0.2, -0.15) is 0 Å². The number of nitrogens with zero attached hydrogens (tertiary/aromatic N) is 1. The highest BCUT2D eigenvalue weighted by Gasteiger charge is 2.38. The monoisotopic (exact) mass is 479 g/mol. The number of likely N-dealkylation sites (N-methyl/N-ethyl adjacent to an activating group) is 1. The Kier molecular flexibility index (Phi) is 9.51. The highest BCUT2D eigenvalue weighted by atomic mass is 32.1. The Labute approximate surface area is 196 Å². The van der Waals surface area contributed by atoms with Crippen molar-refractivity contribution in [1.82, 2.24) is 10.2 Å². The Bertz CT molecular complexity index is 990. The van der Waals surface area contributed by atoms with Gasteiger partial charge in [-0.25, -0.2) is 9.18 Å². The molecule has 1 heterocycles. The van der Waals surface area contributed by atoms with Gasteiger partial charge in [0.05, 0.1) is 5.41 Å². The molecule has 0 aliphatic carbocycles. The van der Waals surface area contributed by atoms with E-state index in [9.17, 15) is 18.8 Å². The van der Waals surface area contributed by atoms with E-state index >= 15 is 0 Å². The average Bonchev–Trinajstić information content (AvgIpc) is 3.25. The van der Waals surface area contributed by atoms with Gasteiger partial charge in [-0.15, -0.1) is 11.3 Å². The van der Waals surface area contributed by atoms with Crippen LogP contribution in [0.3, 0.4) is 0 Å². The number of carbonyl (C=O) groups is 3. The molecule has 0 radical (unpaired) electrons. The Morgan fingerprint density at radius 2 is 1.91 bits per heavy atom. The molecule has 180 valence electrons. The van der Waals surface area contributed by atoms with Crippen LogP contribution in [0.1, 0.15) is 46.8 Å². The van der Waals surface area contributed by atoms with Gasteiger partial charge in [0.2, 0.25) is 5.91 Å². The largest absolute Gasteiger partial charge is 0.480 e. The van der Waals surface area contributed by atoms with Gasteiger partial charge in [-0.3, -0.25) is 9.59 Å². The van der Waals surface area contributed by atoms with Crippen LogP contribution in [0, 0.1) is 11.2 Å². The number of esters is 1. The molecule has 4 N–H and O–H groups in total. The minimum Gasteiger partial charge on any atom is -0.480 e. The molecule has 33 heavy (non-hydrogen) atoms. The fraction of sp³-hybridized carbons (Fsp3) is 0.435. The predicted octanol–water partition coefficient (Wildman–Crippen LogP) is 3.00.